The van der Waals surface area contributed by atoms with Crippen LogP contribution in [0.25, 0.3) is 10.8 Å². The molecule has 1 saturated carbocycles. The first-order chi connectivity index (χ1) is 25.9. The van der Waals surface area contributed by atoms with E-state index >= 15 is 0 Å². The number of hydrogen-bond donors (Lipinski definition) is 1. The highest BCUT2D eigenvalue weighted by atomic mass is 16.6. The second-order valence-corrected chi connectivity index (χ2v) is 16.4. The number of nitrogens with one attached hydrogen (secondary N) is 1. The van der Waals surface area contributed by atoms with Gasteiger partial charge in [0.1, 0.15) is 22.7 Å². The van der Waals surface area contributed by atoms with Gasteiger partial charge in [0.05, 0.1) is 30.3 Å². The minimum Gasteiger partial charge on any atom is -0.444 e. The molecule has 1 saturated heterocycles. The molecule has 11 nitrogen and oxygen atoms in total. The van der Waals surface area contributed by atoms with Gasteiger partial charge in [-0.1, -0.05) is 66.7 Å². The summed E-state index contributed by atoms with van der Waals surface area (Å²) in [6, 6.07) is 27.3. The third-order valence-electron chi connectivity index (χ3n) is 11.0. The molecule has 2 fully saturated rings. The van der Waals surface area contributed by atoms with Gasteiger partial charge < -0.3 is 24.8 Å². The highest BCUT2D eigenvalue weighted by Gasteiger charge is 2.55. The number of nitriles is 1. The Morgan fingerprint density at radius 3 is 2.41 bits per heavy atom. The van der Waals surface area contributed by atoms with Gasteiger partial charge in [0, 0.05) is 55.9 Å². The number of aromatic nitrogens is 2. The largest absolute Gasteiger partial charge is 0.444 e. The lowest BCUT2D eigenvalue weighted by Crippen LogP contribution is -2.66. The molecule has 2 aliphatic heterocycles. The van der Waals surface area contributed by atoms with Gasteiger partial charge in [0.25, 0.3) is 0 Å². The molecule has 3 aliphatic rings. The quantitative estimate of drug-likeness (QED) is 0.215. The number of anilines is 2. The summed E-state index contributed by atoms with van der Waals surface area (Å²) in [5.41, 5.74) is 1.81. The molecule has 0 bridgehead atoms. The molecule has 4 aromatic rings. The Kier molecular flexibility index (Phi) is 10.2. The molecule has 0 spiro atoms. The van der Waals surface area contributed by atoms with Crippen molar-refractivity contribution in [2.24, 2.45) is 0 Å². The fourth-order valence-corrected chi connectivity index (χ4v) is 8.06. The number of likely N-dealkylation sites (N-methyl/N-ethyl adjacent to an activating group) is 1. The average molecular weight is 729 g/mol. The Labute approximate surface area is 318 Å². The number of carbonyl (C=O) groups excluding carboxylic acids is 2. The molecule has 2 amide bonds. The van der Waals surface area contributed by atoms with Crippen molar-refractivity contribution in [1.82, 2.24) is 25.1 Å². The number of carbonyl (C=O) groups is 2. The number of fused-ring (bicyclic) bond motifs is 2. The summed E-state index contributed by atoms with van der Waals surface area (Å²) in [6.07, 6.45) is 2.26. The van der Waals surface area contributed by atoms with Gasteiger partial charge in [-0.3, -0.25) is 9.69 Å². The minimum atomic E-state index is -0.890. The zero-order valence-electron chi connectivity index (χ0n) is 32.3. The Morgan fingerprint density at radius 1 is 0.944 bits per heavy atom. The standard InChI is InChI=1S/C43H52N8O3/c1-41(2,3)54-40(53)51-27-26-50(30-42(51,21-22-44)28-31-12-7-6-8-13-31)37-34-18-24-49(36-17-11-15-32-14-9-10-16-33(32)36)29-35(34)46-38(47-37)43(19-20-43)39(52)45-23-25-48(4)5/h6-17H,18-21,23-30H2,1-5H3,(H,45,52)/t42-/m1/s1. The van der Waals surface area contributed by atoms with Crippen molar-refractivity contribution in [3.05, 3.63) is 95.4 Å². The van der Waals surface area contributed by atoms with Gasteiger partial charge in [0.2, 0.25) is 5.91 Å². The number of amides is 2. The lowest BCUT2D eigenvalue weighted by molar-refractivity contribution is -0.123. The van der Waals surface area contributed by atoms with Crippen LogP contribution >= 0.6 is 0 Å². The van der Waals surface area contributed by atoms with E-state index < -0.39 is 22.6 Å². The predicted molar refractivity (Wildman–Crippen MR) is 211 cm³/mol. The molecular weight excluding hydrogens is 677 g/mol. The van der Waals surface area contributed by atoms with Crippen molar-refractivity contribution < 1.29 is 14.3 Å². The third-order valence-corrected chi connectivity index (χ3v) is 11.0. The lowest BCUT2D eigenvalue weighted by Gasteiger charge is -2.50. The fourth-order valence-electron chi connectivity index (χ4n) is 8.06. The summed E-state index contributed by atoms with van der Waals surface area (Å²) >= 11 is 0. The Balaban J connectivity index is 1.30. The van der Waals surface area contributed by atoms with Crippen LogP contribution in [0.3, 0.4) is 0 Å². The predicted octanol–water partition coefficient (Wildman–Crippen LogP) is 5.85. The van der Waals surface area contributed by atoms with Crippen molar-refractivity contribution >= 4 is 34.3 Å². The van der Waals surface area contributed by atoms with Crippen molar-refractivity contribution in [2.45, 2.75) is 76.0 Å². The summed E-state index contributed by atoms with van der Waals surface area (Å²) in [7, 11) is 3.98. The SMILES string of the molecule is CN(C)CCNC(=O)C1(c2nc3c(c(N4CCN(C(=O)OC(C)(C)C)[C@](CC#N)(Cc5ccccc5)C4)n2)CCN(c2cccc4ccccc24)C3)CC1. The van der Waals surface area contributed by atoms with Crippen LogP contribution in [0.2, 0.25) is 0 Å². The molecule has 11 heteroatoms. The van der Waals surface area contributed by atoms with E-state index in [9.17, 15) is 14.9 Å². The van der Waals surface area contributed by atoms with Crippen molar-refractivity contribution in [2.75, 3.05) is 63.2 Å². The molecule has 7 rings (SSSR count). The maximum atomic E-state index is 13.9. The number of piperazine rings is 1. The van der Waals surface area contributed by atoms with Crippen LogP contribution in [0.15, 0.2) is 72.8 Å². The monoisotopic (exact) mass is 728 g/mol. The van der Waals surface area contributed by atoms with Gasteiger partial charge in [-0.2, -0.15) is 5.26 Å². The van der Waals surface area contributed by atoms with Crippen molar-refractivity contribution in [3.63, 3.8) is 0 Å². The summed E-state index contributed by atoms with van der Waals surface area (Å²) in [4.78, 5) is 46.9. The van der Waals surface area contributed by atoms with E-state index in [1.54, 1.807) is 4.90 Å². The third kappa shape index (κ3) is 7.58. The summed E-state index contributed by atoms with van der Waals surface area (Å²) in [6.45, 7) is 9.47. The maximum Gasteiger partial charge on any atom is 0.410 e. The zero-order chi connectivity index (χ0) is 38.1. The highest BCUT2D eigenvalue weighted by Crippen LogP contribution is 2.48. The van der Waals surface area contributed by atoms with Crippen LogP contribution in [-0.4, -0.2) is 96.3 Å². The van der Waals surface area contributed by atoms with Gasteiger partial charge in [0.15, 0.2) is 0 Å². The Hall–Kier alpha value is -5.21. The molecule has 1 atom stereocenters. The Bertz CT molecular complexity index is 2050. The van der Waals surface area contributed by atoms with Gasteiger partial charge in [-0.05, 0) is 77.6 Å². The van der Waals surface area contributed by atoms with Crippen molar-refractivity contribution in [1.29, 1.82) is 5.26 Å². The molecule has 0 radical (unpaired) electrons. The molecule has 3 heterocycles. The van der Waals surface area contributed by atoms with Crippen molar-refractivity contribution in [3.8, 4) is 6.07 Å². The molecule has 0 unspecified atom stereocenters. The first-order valence-corrected chi connectivity index (χ1v) is 19.1. The summed E-state index contributed by atoms with van der Waals surface area (Å²) in [5, 5.41) is 15.9. The minimum absolute atomic E-state index is 0.0328. The van der Waals surface area contributed by atoms with E-state index in [-0.39, 0.29) is 12.3 Å². The maximum absolute atomic E-state index is 13.9. The first-order valence-electron chi connectivity index (χ1n) is 19.1. The normalized spacial score (nSPS) is 19.3. The van der Waals surface area contributed by atoms with Crippen LogP contribution < -0.4 is 15.1 Å². The number of benzene rings is 3. The molecule has 3 aromatic carbocycles. The summed E-state index contributed by atoms with van der Waals surface area (Å²) < 4.78 is 5.96. The molecule has 54 heavy (non-hydrogen) atoms. The number of nitrogens with zero attached hydrogens (tertiary/aromatic N) is 7. The van der Waals surface area contributed by atoms with Gasteiger partial charge >= 0.3 is 6.09 Å². The highest BCUT2D eigenvalue weighted by molar-refractivity contribution is 5.94. The second-order valence-electron chi connectivity index (χ2n) is 16.4. The van der Waals surface area contributed by atoms with Gasteiger partial charge in [-0.25, -0.2) is 14.8 Å². The average Bonchev–Trinajstić information content (AvgIpc) is 3.96. The molecule has 1 aromatic heterocycles. The van der Waals surface area contributed by atoms with E-state index in [0.717, 1.165) is 41.4 Å². The summed E-state index contributed by atoms with van der Waals surface area (Å²) in [5.74, 6) is 1.33. The Morgan fingerprint density at radius 2 is 1.69 bits per heavy atom. The lowest BCUT2D eigenvalue weighted by atomic mass is 9.83. The number of hydrogen-bond acceptors (Lipinski definition) is 9. The first kappa shape index (κ1) is 37.1. The number of rotatable bonds is 10. The zero-order valence-corrected chi connectivity index (χ0v) is 32.3. The van der Waals surface area contributed by atoms with E-state index in [0.29, 0.717) is 64.2 Å². The van der Waals surface area contributed by atoms with Crippen LogP contribution in [0, 0.1) is 11.3 Å². The fraction of sp³-hybridized carbons (Fsp3) is 0.465. The van der Waals surface area contributed by atoms with E-state index in [4.69, 9.17) is 14.7 Å². The van der Waals surface area contributed by atoms with Crippen LogP contribution in [0.4, 0.5) is 16.3 Å². The molecule has 1 N–H and O–H groups in total. The van der Waals surface area contributed by atoms with E-state index in [1.807, 2.05) is 65.2 Å². The van der Waals surface area contributed by atoms with Crippen LogP contribution in [0.5, 0.6) is 0 Å². The van der Waals surface area contributed by atoms with E-state index in [2.05, 4.69) is 68.6 Å². The smallest absolute Gasteiger partial charge is 0.410 e. The van der Waals surface area contributed by atoms with Gasteiger partial charge in [-0.15, -0.1) is 0 Å². The molecular formula is C43H52N8O3. The second kappa shape index (κ2) is 14.9. The molecule has 1 aliphatic carbocycles. The van der Waals surface area contributed by atoms with Crippen LogP contribution in [-0.2, 0) is 34.3 Å². The molecule has 282 valence electrons. The topological polar surface area (TPSA) is 118 Å². The van der Waals surface area contributed by atoms with E-state index in [1.165, 1.54) is 10.8 Å². The van der Waals surface area contributed by atoms with Crippen LogP contribution in [0.1, 0.15) is 62.7 Å². The number of ether oxygens (including phenoxy) is 1.